The second-order valence-electron chi connectivity index (χ2n) is 5.56. The Bertz CT molecular complexity index is 778. The van der Waals surface area contributed by atoms with Crippen molar-refractivity contribution in [2.45, 2.75) is 25.5 Å². The molecule has 23 heavy (non-hydrogen) atoms. The number of H-pyrrole nitrogens is 1. The molecule has 3 N–H and O–H groups in total. The van der Waals surface area contributed by atoms with Gasteiger partial charge in [-0.25, -0.2) is 4.39 Å². The van der Waals surface area contributed by atoms with Gasteiger partial charge in [0.05, 0.1) is 17.9 Å². The molecule has 0 fully saturated rings. The maximum atomic E-state index is 12.9. The van der Waals surface area contributed by atoms with Crippen LogP contribution in [0.2, 0.25) is 0 Å². The maximum Gasteiger partial charge on any atom is 0.268 e. The third-order valence-electron chi connectivity index (χ3n) is 3.69. The summed E-state index contributed by atoms with van der Waals surface area (Å²) in [5.41, 5.74) is 2.40. The summed E-state index contributed by atoms with van der Waals surface area (Å²) in [6.45, 7) is 1.80. The first-order valence-corrected chi connectivity index (χ1v) is 7.33. The Morgan fingerprint density at radius 2 is 2.09 bits per heavy atom. The minimum atomic E-state index is -0.772. The molecule has 3 rings (SSSR count). The molecule has 1 amide bonds. The summed E-state index contributed by atoms with van der Waals surface area (Å²) in [4.78, 5) is 15.1. The van der Waals surface area contributed by atoms with E-state index in [-0.39, 0.29) is 17.8 Å². The van der Waals surface area contributed by atoms with E-state index < -0.39 is 6.10 Å². The Morgan fingerprint density at radius 3 is 2.78 bits per heavy atom. The molecule has 2 heterocycles. The Balaban J connectivity index is 1.59. The molecule has 5 nitrogen and oxygen atoms in total. The molecule has 0 spiro atoms. The van der Waals surface area contributed by atoms with Crippen LogP contribution in [0.25, 0.3) is 11.1 Å². The zero-order valence-electron chi connectivity index (χ0n) is 12.5. The standard InChI is InChI=1S/C17H17FN2O3/c1-10(8-15(21)11-2-4-12(18)5-3-11)19-17(22)14-9-16-13(20-14)6-7-23-16/h2-7,9-10,15,20-21H,8H2,1H3,(H,19,22). The summed E-state index contributed by atoms with van der Waals surface area (Å²) in [6.07, 6.45) is 1.10. The number of aromatic amines is 1. The molecule has 6 heteroatoms. The van der Waals surface area contributed by atoms with Gasteiger partial charge in [-0.05, 0) is 31.0 Å². The van der Waals surface area contributed by atoms with Gasteiger partial charge in [-0.1, -0.05) is 12.1 Å². The fraction of sp³-hybridized carbons (Fsp3) is 0.235. The number of rotatable bonds is 5. The minimum absolute atomic E-state index is 0.253. The molecule has 0 saturated carbocycles. The van der Waals surface area contributed by atoms with Crippen molar-refractivity contribution in [3.63, 3.8) is 0 Å². The third kappa shape index (κ3) is 3.43. The molecular weight excluding hydrogens is 299 g/mol. The predicted molar refractivity (Wildman–Crippen MR) is 83.5 cm³/mol. The van der Waals surface area contributed by atoms with Gasteiger partial charge < -0.3 is 19.8 Å². The van der Waals surface area contributed by atoms with Crippen LogP contribution in [0, 0.1) is 5.82 Å². The van der Waals surface area contributed by atoms with Crippen LogP contribution >= 0.6 is 0 Å². The summed E-state index contributed by atoms with van der Waals surface area (Å²) >= 11 is 0. The van der Waals surface area contributed by atoms with Crippen molar-refractivity contribution in [3.8, 4) is 0 Å². The van der Waals surface area contributed by atoms with Crippen LogP contribution in [-0.4, -0.2) is 22.0 Å². The number of carbonyl (C=O) groups excluding carboxylic acids is 1. The summed E-state index contributed by atoms with van der Waals surface area (Å²) in [5.74, 6) is -0.617. The SMILES string of the molecule is CC(CC(O)c1ccc(F)cc1)NC(=O)c1cc2occc2[nH]1. The quantitative estimate of drug-likeness (QED) is 0.676. The van der Waals surface area contributed by atoms with Crippen LogP contribution in [0.15, 0.2) is 47.1 Å². The number of furan rings is 1. The molecule has 0 saturated heterocycles. The average molecular weight is 316 g/mol. The molecule has 2 aromatic heterocycles. The van der Waals surface area contributed by atoms with Crippen molar-refractivity contribution >= 4 is 17.0 Å². The maximum absolute atomic E-state index is 12.9. The molecule has 2 atom stereocenters. The monoisotopic (exact) mass is 316 g/mol. The smallest absolute Gasteiger partial charge is 0.268 e. The van der Waals surface area contributed by atoms with E-state index in [2.05, 4.69) is 10.3 Å². The van der Waals surface area contributed by atoms with Crippen LogP contribution in [0.4, 0.5) is 4.39 Å². The van der Waals surface area contributed by atoms with Crippen LogP contribution in [0.3, 0.4) is 0 Å². The lowest BCUT2D eigenvalue weighted by atomic mass is 10.0. The van der Waals surface area contributed by atoms with E-state index in [1.165, 1.54) is 24.3 Å². The average Bonchev–Trinajstić information content (AvgIpc) is 3.08. The number of halogens is 1. The Kier molecular flexibility index (Phi) is 4.16. The molecule has 1 aromatic carbocycles. The van der Waals surface area contributed by atoms with Gasteiger partial charge in [0.25, 0.3) is 5.91 Å². The minimum Gasteiger partial charge on any atom is -0.463 e. The van der Waals surface area contributed by atoms with Gasteiger partial charge in [-0.3, -0.25) is 4.79 Å². The van der Waals surface area contributed by atoms with E-state index in [4.69, 9.17) is 4.42 Å². The largest absolute Gasteiger partial charge is 0.463 e. The topological polar surface area (TPSA) is 78.3 Å². The number of nitrogens with one attached hydrogen (secondary N) is 2. The van der Waals surface area contributed by atoms with Crippen LogP contribution in [-0.2, 0) is 0 Å². The summed E-state index contributed by atoms with van der Waals surface area (Å²) in [7, 11) is 0. The first-order valence-electron chi connectivity index (χ1n) is 7.33. The fourth-order valence-corrected chi connectivity index (χ4v) is 2.49. The van der Waals surface area contributed by atoms with Gasteiger partial charge in [0.15, 0.2) is 5.58 Å². The van der Waals surface area contributed by atoms with Gasteiger partial charge in [0, 0.05) is 18.2 Å². The molecule has 120 valence electrons. The van der Waals surface area contributed by atoms with Gasteiger partial charge in [0.2, 0.25) is 0 Å². The van der Waals surface area contributed by atoms with Crippen molar-refractivity contribution in [2.75, 3.05) is 0 Å². The highest BCUT2D eigenvalue weighted by Gasteiger charge is 2.17. The number of aliphatic hydroxyl groups is 1. The third-order valence-corrected chi connectivity index (χ3v) is 3.69. The van der Waals surface area contributed by atoms with E-state index in [9.17, 15) is 14.3 Å². The Morgan fingerprint density at radius 1 is 1.35 bits per heavy atom. The van der Waals surface area contributed by atoms with E-state index >= 15 is 0 Å². The van der Waals surface area contributed by atoms with E-state index in [1.54, 1.807) is 25.3 Å². The number of aliphatic hydroxyl groups excluding tert-OH is 1. The molecule has 0 aliphatic heterocycles. The van der Waals surface area contributed by atoms with Crippen molar-refractivity contribution in [1.29, 1.82) is 0 Å². The van der Waals surface area contributed by atoms with Crippen LogP contribution < -0.4 is 5.32 Å². The summed E-state index contributed by atoms with van der Waals surface area (Å²) in [6, 6.07) is 8.80. The molecule has 0 radical (unpaired) electrons. The number of fused-ring (bicyclic) bond motifs is 1. The molecular formula is C17H17FN2O3. The lowest BCUT2D eigenvalue weighted by Crippen LogP contribution is -2.34. The van der Waals surface area contributed by atoms with Gasteiger partial charge >= 0.3 is 0 Å². The number of hydrogen-bond donors (Lipinski definition) is 3. The summed E-state index contributed by atoms with van der Waals surface area (Å²) in [5, 5.41) is 13.0. The highest BCUT2D eigenvalue weighted by Crippen LogP contribution is 2.19. The Labute approximate surface area is 132 Å². The van der Waals surface area contributed by atoms with E-state index in [1.807, 2.05) is 0 Å². The zero-order valence-corrected chi connectivity index (χ0v) is 12.5. The second-order valence-corrected chi connectivity index (χ2v) is 5.56. The van der Waals surface area contributed by atoms with Gasteiger partial charge in [-0.2, -0.15) is 0 Å². The van der Waals surface area contributed by atoms with E-state index in [0.717, 1.165) is 5.52 Å². The van der Waals surface area contributed by atoms with Crippen molar-refractivity contribution in [3.05, 3.63) is 59.7 Å². The highest BCUT2D eigenvalue weighted by molar-refractivity contribution is 5.96. The molecule has 2 unspecified atom stereocenters. The van der Waals surface area contributed by atoms with Crippen molar-refractivity contribution in [2.24, 2.45) is 0 Å². The predicted octanol–water partition coefficient (Wildman–Crippen LogP) is 3.14. The number of carbonyl (C=O) groups is 1. The molecule has 0 bridgehead atoms. The number of benzene rings is 1. The fourth-order valence-electron chi connectivity index (χ4n) is 2.49. The first-order chi connectivity index (χ1) is 11.0. The molecule has 0 aliphatic carbocycles. The normalized spacial score (nSPS) is 13.9. The van der Waals surface area contributed by atoms with Gasteiger partial charge in [0.1, 0.15) is 11.5 Å². The lowest BCUT2D eigenvalue weighted by Gasteiger charge is -2.18. The zero-order chi connectivity index (χ0) is 16.4. The lowest BCUT2D eigenvalue weighted by molar-refractivity contribution is 0.0912. The van der Waals surface area contributed by atoms with Crippen LogP contribution in [0.1, 0.15) is 35.5 Å². The number of hydrogen-bond acceptors (Lipinski definition) is 3. The van der Waals surface area contributed by atoms with Crippen molar-refractivity contribution < 1.29 is 18.7 Å². The van der Waals surface area contributed by atoms with Crippen LogP contribution in [0.5, 0.6) is 0 Å². The first kappa shape index (κ1) is 15.3. The number of amides is 1. The Hall–Kier alpha value is -2.60. The number of aromatic nitrogens is 1. The summed E-state index contributed by atoms with van der Waals surface area (Å²) < 4.78 is 18.1. The van der Waals surface area contributed by atoms with E-state index in [0.29, 0.717) is 23.3 Å². The molecule has 3 aromatic rings. The van der Waals surface area contributed by atoms with Gasteiger partial charge in [-0.15, -0.1) is 0 Å². The van der Waals surface area contributed by atoms with Crippen molar-refractivity contribution in [1.82, 2.24) is 10.3 Å². The molecule has 0 aliphatic rings. The second kappa shape index (κ2) is 6.26. The highest BCUT2D eigenvalue weighted by atomic mass is 19.1.